The lowest BCUT2D eigenvalue weighted by Crippen LogP contribution is -2.45. The molecule has 19 heavy (non-hydrogen) atoms. The molecule has 0 amide bonds. The minimum Gasteiger partial charge on any atom is -0.314 e. The molecule has 2 saturated heterocycles. The summed E-state index contributed by atoms with van der Waals surface area (Å²) < 4.78 is 0. The summed E-state index contributed by atoms with van der Waals surface area (Å²) in [6, 6.07) is 0.790. The number of nitrogens with one attached hydrogen (secondary N) is 1. The second kappa shape index (κ2) is 8.20. The SMILES string of the molecule is CN1CCCC(N(C)CCCCN2CCNCC2)C1. The van der Waals surface area contributed by atoms with Crippen molar-refractivity contribution < 1.29 is 0 Å². The molecule has 2 aliphatic rings. The van der Waals surface area contributed by atoms with Gasteiger partial charge in [0.15, 0.2) is 0 Å². The van der Waals surface area contributed by atoms with Crippen LogP contribution in [-0.4, -0.2) is 87.2 Å². The number of piperazine rings is 1. The number of likely N-dealkylation sites (N-methyl/N-ethyl adjacent to an activating group) is 2. The van der Waals surface area contributed by atoms with Crippen LogP contribution >= 0.6 is 0 Å². The third kappa shape index (κ3) is 5.38. The third-order valence-corrected chi connectivity index (χ3v) is 4.67. The summed E-state index contributed by atoms with van der Waals surface area (Å²) >= 11 is 0. The van der Waals surface area contributed by atoms with Crippen molar-refractivity contribution in [2.75, 3.05) is 66.5 Å². The zero-order valence-corrected chi connectivity index (χ0v) is 12.9. The first-order valence-corrected chi connectivity index (χ1v) is 8.07. The van der Waals surface area contributed by atoms with Crippen molar-refractivity contribution in [3.8, 4) is 0 Å². The van der Waals surface area contributed by atoms with E-state index in [9.17, 15) is 0 Å². The van der Waals surface area contributed by atoms with Crippen LogP contribution < -0.4 is 5.32 Å². The zero-order chi connectivity index (χ0) is 13.5. The summed E-state index contributed by atoms with van der Waals surface area (Å²) in [5, 5.41) is 3.42. The van der Waals surface area contributed by atoms with Crippen molar-refractivity contribution in [1.29, 1.82) is 0 Å². The molecule has 0 spiro atoms. The van der Waals surface area contributed by atoms with Crippen LogP contribution in [0.4, 0.5) is 0 Å². The maximum Gasteiger partial charge on any atom is 0.0220 e. The van der Waals surface area contributed by atoms with Crippen LogP contribution in [0.2, 0.25) is 0 Å². The van der Waals surface area contributed by atoms with Gasteiger partial charge in [-0.1, -0.05) is 0 Å². The topological polar surface area (TPSA) is 21.8 Å². The van der Waals surface area contributed by atoms with Crippen molar-refractivity contribution in [3.05, 3.63) is 0 Å². The predicted molar refractivity (Wildman–Crippen MR) is 81.7 cm³/mol. The van der Waals surface area contributed by atoms with Crippen LogP contribution in [0.5, 0.6) is 0 Å². The molecule has 2 heterocycles. The maximum atomic E-state index is 3.42. The Labute approximate surface area is 119 Å². The predicted octanol–water partition coefficient (Wildman–Crippen LogP) is 0.698. The third-order valence-electron chi connectivity index (χ3n) is 4.67. The van der Waals surface area contributed by atoms with E-state index in [1.165, 1.54) is 78.0 Å². The second-order valence-electron chi connectivity index (χ2n) is 6.34. The minimum absolute atomic E-state index is 0.790. The normalized spacial score (nSPS) is 27.0. The van der Waals surface area contributed by atoms with E-state index in [4.69, 9.17) is 0 Å². The molecule has 0 aromatic rings. The fourth-order valence-corrected chi connectivity index (χ4v) is 3.31. The molecule has 0 aromatic carbocycles. The molecular weight excluding hydrogens is 236 g/mol. The molecule has 0 aliphatic carbocycles. The molecular formula is C15H32N4. The number of unbranched alkanes of at least 4 members (excludes halogenated alkanes) is 1. The summed E-state index contributed by atoms with van der Waals surface area (Å²) in [7, 11) is 4.57. The van der Waals surface area contributed by atoms with Crippen LogP contribution in [0.25, 0.3) is 0 Å². The molecule has 2 fully saturated rings. The monoisotopic (exact) mass is 268 g/mol. The van der Waals surface area contributed by atoms with Gasteiger partial charge in [0.05, 0.1) is 0 Å². The van der Waals surface area contributed by atoms with Gasteiger partial charge in [0.25, 0.3) is 0 Å². The molecule has 0 radical (unpaired) electrons. The first-order chi connectivity index (χ1) is 9.25. The number of hydrogen-bond donors (Lipinski definition) is 1. The molecule has 0 bridgehead atoms. The Morgan fingerprint density at radius 2 is 1.95 bits per heavy atom. The molecule has 4 heteroatoms. The van der Waals surface area contributed by atoms with Gasteiger partial charge in [0.1, 0.15) is 0 Å². The van der Waals surface area contributed by atoms with Gasteiger partial charge in [-0.25, -0.2) is 0 Å². The first kappa shape index (κ1) is 15.2. The number of rotatable bonds is 6. The standard InChI is InChI=1S/C15H32N4/c1-17-9-5-6-15(14-17)18(2)10-3-4-11-19-12-7-16-8-13-19/h15-16H,3-14H2,1-2H3. The molecule has 1 N–H and O–H groups in total. The number of piperidine rings is 1. The quantitative estimate of drug-likeness (QED) is 0.716. The van der Waals surface area contributed by atoms with Gasteiger partial charge < -0.3 is 20.0 Å². The smallest absolute Gasteiger partial charge is 0.0220 e. The van der Waals surface area contributed by atoms with Gasteiger partial charge in [-0.15, -0.1) is 0 Å². The van der Waals surface area contributed by atoms with E-state index in [0.717, 1.165) is 6.04 Å². The van der Waals surface area contributed by atoms with E-state index in [0.29, 0.717) is 0 Å². The molecule has 112 valence electrons. The Hall–Kier alpha value is -0.160. The van der Waals surface area contributed by atoms with Crippen molar-refractivity contribution in [1.82, 2.24) is 20.0 Å². The van der Waals surface area contributed by atoms with E-state index in [2.05, 4.69) is 34.1 Å². The van der Waals surface area contributed by atoms with E-state index in [1.807, 2.05) is 0 Å². The Morgan fingerprint density at radius 3 is 2.68 bits per heavy atom. The van der Waals surface area contributed by atoms with E-state index >= 15 is 0 Å². The van der Waals surface area contributed by atoms with Crippen molar-refractivity contribution >= 4 is 0 Å². The summed E-state index contributed by atoms with van der Waals surface area (Å²) in [6.45, 7) is 9.93. The average Bonchev–Trinajstić information content (AvgIpc) is 2.44. The van der Waals surface area contributed by atoms with Crippen molar-refractivity contribution in [2.24, 2.45) is 0 Å². The van der Waals surface area contributed by atoms with Gasteiger partial charge in [0.2, 0.25) is 0 Å². The van der Waals surface area contributed by atoms with Gasteiger partial charge in [-0.3, -0.25) is 0 Å². The van der Waals surface area contributed by atoms with Gasteiger partial charge in [-0.2, -0.15) is 0 Å². The van der Waals surface area contributed by atoms with E-state index in [-0.39, 0.29) is 0 Å². The first-order valence-electron chi connectivity index (χ1n) is 8.07. The molecule has 0 saturated carbocycles. The Bertz CT molecular complexity index is 240. The van der Waals surface area contributed by atoms with Crippen LogP contribution in [0, 0.1) is 0 Å². The highest BCUT2D eigenvalue weighted by atomic mass is 15.2. The fourth-order valence-electron chi connectivity index (χ4n) is 3.31. The Kier molecular flexibility index (Phi) is 6.57. The molecule has 2 rings (SSSR count). The van der Waals surface area contributed by atoms with Crippen molar-refractivity contribution in [3.63, 3.8) is 0 Å². The lowest BCUT2D eigenvalue weighted by Gasteiger charge is -2.36. The molecule has 0 aromatic heterocycles. The summed E-state index contributed by atoms with van der Waals surface area (Å²) in [5.41, 5.74) is 0. The van der Waals surface area contributed by atoms with E-state index in [1.54, 1.807) is 0 Å². The summed E-state index contributed by atoms with van der Waals surface area (Å²) in [6.07, 6.45) is 5.46. The average molecular weight is 268 g/mol. The van der Waals surface area contributed by atoms with Crippen LogP contribution in [0.3, 0.4) is 0 Å². The second-order valence-corrected chi connectivity index (χ2v) is 6.34. The zero-order valence-electron chi connectivity index (χ0n) is 12.9. The highest BCUT2D eigenvalue weighted by molar-refractivity contribution is 4.77. The van der Waals surface area contributed by atoms with Crippen LogP contribution in [-0.2, 0) is 0 Å². The summed E-state index contributed by atoms with van der Waals surface area (Å²) in [5.74, 6) is 0. The Balaban J connectivity index is 1.54. The fraction of sp³-hybridized carbons (Fsp3) is 1.00. The lowest BCUT2D eigenvalue weighted by molar-refractivity contribution is 0.131. The number of nitrogens with zero attached hydrogens (tertiary/aromatic N) is 3. The highest BCUT2D eigenvalue weighted by Crippen LogP contribution is 2.13. The Morgan fingerprint density at radius 1 is 1.16 bits per heavy atom. The largest absolute Gasteiger partial charge is 0.314 e. The van der Waals surface area contributed by atoms with Gasteiger partial charge in [-0.05, 0) is 59.4 Å². The molecule has 2 aliphatic heterocycles. The van der Waals surface area contributed by atoms with E-state index < -0.39 is 0 Å². The maximum absolute atomic E-state index is 3.42. The van der Waals surface area contributed by atoms with Gasteiger partial charge >= 0.3 is 0 Å². The minimum atomic E-state index is 0.790. The van der Waals surface area contributed by atoms with Crippen LogP contribution in [0.15, 0.2) is 0 Å². The lowest BCUT2D eigenvalue weighted by atomic mass is 10.0. The molecule has 4 nitrogen and oxygen atoms in total. The molecule has 1 unspecified atom stereocenters. The number of hydrogen-bond acceptors (Lipinski definition) is 4. The number of likely N-dealkylation sites (tertiary alicyclic amines) is 1. The van der Waals surface area contributed by atoms with Crippen molar-refractivity contribution in [2.45, 2.75) is 31.7 Å². The highest BCUT2D eigenvalue weighted by Gasteiger charge is 2.20. The van der Waals surface area contributed by atoms with Crippen LogP contribution in [0.1, 0.15) is 25.7 Å². The van der Waals surface area contributed by atoms with Gasteiger partial charge in [0, 0.05) is 38.8 Å². The molecule has 1 atom stereocenters. The summed E-state index contributed by atoms with van der Waals surface area (Å²) in [4.78, 5) is 7.67.